The summed E-state index contributed by atoms with van der Waals surface area (Å²) in [7, 11) is 3.08. The Morgan fingerprint density at radius 1 is 1.00 bits per heavy atom. The lowest BCUT2D eigenvalue weighted by Gasteiger charge is -2.09. The molecule has 3 aromatic carbocycles. The number of nitrogens with zero attached hydrogens (tertiary/aromatic N) is 1. The smallest absolute Gasteiger partial charge is 0.275 e. The Balaban J connectivity index is 1.57. The van der Waals surface area contributed by atoms with Gasteiger partial charge >= 0.3 is 0 Å². The maximum absolute atomic E-state index is 12.6. The molecule has 0 aliphatic carbocycles. The molecule has 1 amide bonds. The maximum Gasteiger partial charge on any atom is 0.275 e. The zero-order valence-electron chi connectivity index (χ0n) is 15.4. The molecule has 1 heterocycles. The van der Waals surface area contributed by atoms with Crippen LogP contribution < -0.4 is 24.4 Å². The number of hydrogen-bond acceptors (Lipinski definition) is 6. The van der Waals surface area contributed by atoms with Crippen molar-refractivity contribution >= 4 is 22.9 Å². The van der Waals surface area contributed by atoms with Gasteiger partial charge in [-0.3, -0.25) is 4.79 Å². The Hall–Kier alpha value is -3.74. The molecule has 0 bridgehead atoms. The number of rotatable bonds is 5. The van der Waals surface area contributed by atoms with Crippen LogP contribution in [0, 0.1) is 0 Å². The van der Waals surface area contributed by atoms with Gasteiger partial charge in [0.1, 0.15) is 11.5 Å². The van der Waals surface area contributed by atoms with E-state index in [1.807, 2.05) is 30.3 Å². The van der Waals surface area contributed by atoms with Gasteiger partial charge in [0, 0.05) is 11.6 Å². The number of hydrazone groups is 1. The average molecular weight is 378 g/mol. The lowest BCUT2D eigenvalue weighted by Crippen LogP contribution is -2.18. The van der Waals surface area contributed by atoms with Crippen LogP contribution in [0.2, 0.25) is 0 Å². The highest BCUT2D eigenvalue weighted by atomic mass is 16.7. The monoisotopic (exact) mass is 378 g/mol. The maximum atomic E-state index is 12.6. The van der Waals surface area contributed by atoms with E-state index in [0.717, 1.165) is 10.8 Å². The third kappa shape index (κ3) is 3.29. The molecule has 0 spiro atoms. The van der Waals surface area contributed by atoms with Crippen LogP contribution in [0.15, 0.2) is 53.6 Å². The van der Waals surface area contributed by atoms with Crippen molar-refractivity contribution in [2.45, 2.75) is 0 Å². The minimum atomic E-state index is -0.376. The summed E-state index contributed by atoms with van der Waals surface area (Å²) in [6, 6.07) is 14.8. The fraction of sp³-hybridized carbons (Fsp3) is 0.143. The highest BCUT2D eigenvalue weighted by Crippen LogP contribution is 2.37. The Bertz CT molecular complexity index is 1080. The topological polar surface area (TPSA) is 78.4 Å². The van der Waals surface area contributed by atoms with Gasteiger partial charge in [-0.2, -0.15) is 5.10 Å². The fourth-order valence-electron chi connectivity index (χ4n) is 3.00. The van der Waals surface area contributed by atoms with Crippen molar-refractivity contribution in [2.75, 3.05) is 21.0 Å². The van der Waals surface area contributed by atoms with E-state index in [2.05, 4.69) is 10.5 Å². The van der Waals surface area contributed by atoms with Gasteiger partial charge < -0.3 is 18.9 Å². The Labute approximate surface area is 161 Å². The first-order chi connectivity index (χ1) is 13.7. The lowest BCUT2D eigenvalue weighted by molar-refractivity contribution is 0.0952. The number of carbonyl (C=O) groups is 1. The number of amides is 1. The van der Waals surface area contributed by atoms with E-state index in [-0.39, 0.29) is 12.7 Å². The summed E-state index contributed by atoms with van der Waals surface area (Å²) in [5, 5.41) is 5.98. The van der Waals surface area contributed by atoms with E-state index >= 15 is 0 Å². The van der Waals surface area contributed by atoms with E-state index in [4.69, 9.17) is 18.9 Å². The lowest BCUT2D eigenvalue weighted by atomic mass is 10.1. The molecular weight excluding hydrogens is 360 g/mol. The fourth-order valence-corrected chi connectivity index (χ4v) is 3.00. The predicted molar refractivity (Wildman–Crippen MR) is 105 cm³/mol. The molecule has 0 radical (unpaired) electrons. The predicted octanol–water partition coefficient (Wildman–Crippen LogP) is 3.35. The summed E-state index contributed by atoms with van der Waals surface area (Å²) in [6.07, 6.45) is 1.49. The van der Waals surface area contributed by atoms with Crippen molar-refractivity contribution in [3.8, 4) is 23.0 Å². The average Bonchev–Trinajstić information content (AvgIpc) is 3.19. The van der Waals surface area contributed by atoms with E-state index in [1.54, 1.807) is 25.3 Å². The van der Waals surface area contributed by atoms with Crippen LogP contribution >= 0.6 is 0 Å². The summed E-state index contributed by atoms with van der Waals surface area (Å²) >= 11 is 0. The van der Waals surface area contributed by atoms with Crippen molar-refractivity contribution in [3.63, 3.8) is 0 Å². The minimum absolute atomic E-state index is 0.164. The highest BCUT2D eigenvalue weighted by Gasteiger charge is 2.17. The number of carbonyl (C=O) groups excluding carboxylic acids is 1. The molecule has 4 rings (SSSR count). The second-order valence-electron chi connectivity index (χ2n) is 6.05. The van der Waals surface area contributed by atoms with Gasteiger partial charge in [0.05, 0.1) is 26.0 Å². The molecule has 7 heteroatoms. The van der Waals surface area contributed by atoms with Crippen LogP contribution in [0.3, 0.4) is 0 Å². The standard InChI is InChI=1S/C21H18N2O5/c1-25-17-10-20-19(27-12-28-20)9-15(17)11-22-23-21(24)16-7-13-5-3-4-6-14(13)8-18(16)26-2/h3-11H,12H2,1-2H3,(H,23,24). The summed E-state index contributed by atoms with van der Waals surface area (Å²) < 4.78 is 21.4. The molecule has 3 aromatic rings. The van der Waals surface area contributed by atoms with E-state index in [1.165, 1.54) is 13.3 Å². The van der Waals surface area contributed by atoms with Crippen molar-refractivity contribution < 1.29 is 23.7 Å². The Morgan fingerprint density at radius 3 is 2.39 bits per heavy atom. The third-order valence-corrected chi connectivity index (χ3v) is 4.41. The number of nitrogens with one attached hydrogen (secondary N) is 1. The van der Waals surface area contributed by atoms with E-state index < -0.39 is 0 Å². The highest BCUT2D eigenvalue weighted by molar-refractivity contribution is 6.02. The number of benzene rings is 3. The summed E-state index contributed by atoms with van der Waals surface area (Å²) in [6.45, 7) is 0.164. The Kier molecular flexibility index (Phi) is 4.72. The molecule has 1 aliphatic heterocycles. The first kappa shape index (κ1) is 17.7. The molecule has 0 fully saturated rings. The third-order valence-electron chi connectivity index (χ3n) is 4.41. The number of hydrogen-bond donors (Lipinski definition) is 1. The van der Waals surface area contributed by atoms with Gasteiger partial charge in [-0.05, 0) is 29.0 Å². The molecule has 1 N–H and O–H groups in total. The normalized spacial score (nSPS) is 12.4. The van der Waals surface area contributed by atoms with Gasteiger partial charge in [0.15, 0.2) is 11.5 Å². The first-order valence-corrected chi connectivity index (χ1v) is 8.57. The molecule has 0 unspecified atom stereocenters. The second-order valence-corrected chi connectivity index (χ2v) is 6.05. The van der Waals surface area contributed by atoms with Gasteiger partial charge in [-0.1, -0.05) is 24.3 Å². The first-order valence-electron chi connectivity index (χ1n) is 8.57. The van der Waals surface area contributed by atoms with Gasteiger partial charge in [-0.15, -0.1) is 0 Å². The van der Waals surface area contributed by atoms with Crippen molar-refractivity contribution in [1.82, 2.24) is 5.43 Å². The second kappa shape index (κ2) is 7.48. The number of methoxy groups -OCH3 is 2. The van der Waals surface area contributed by atoms with Gasteiger partial charge in [0.2, 0.25) is 6.79 Å². The minimum Gasteiger partial charge on any atom is -0.496 e. The van der Waals surface area contributed by atoms with Crippen LogP contribution in [0.4, 0.5) is 0 Å². The van der Waals surface area contributed by atoms with Crippen LogP contribution in [0.1, 0.15) is 15.9 Å². The summed E-state index contributed by atoms with van der Waals surface area (Å²) in [4.78, 5) is 12.6. The summed E-state index contributed by atoms with van der Waals surface area (Å²) in [5.41, 5.74) is 3.58. The van der Waals surface area contributed by atoms with Crippen molar-refractivity contribution in [1.29, 1.82) is 0 Å². The van der Waals surface area contributed by atoms with Gasteiger partial charge in [0.25, 0.3) is 5.91 Å². The molecule has 7 nitrogen and oxygen atoms in total. The molecule has 142 valence electrons. The SMILES string of the molecule is COc1cc2c(cc1C=NNC(=O)c1cc3ccccc3cc1OC)OCO2. The molecule has 0 saturated carbocycles. The van der Waals surface area contributed by atoms with E-state index in [0.29, 0.717) is 34.1 Å². The largest absolute Gasteiger partial charge is 0.496 e. The molecule has 0 aromatic heterocycles. The molecule has 0 atom stereocenters. The van der Waals surface area contributed by atoms with Crippen LogP contribution in [0.5, 0.6) is 23.0 Å². The van der Waals surface area contributed by atoms with Crippen molar-refractivity contribution in [2.24, 2.45) is 5.10 Å². The molecule has 28 heavy (non-hydrogen) atoms. The van der Waals surface area contributed by atoms with Crippen LogP contribution in [-0.4, -0.2) is 33.1 Å². The number of fused-ring (bicyclic) bond motifs is 2. The molecule has 1 aliphatic rings. The van der Waals surface area contributed by atoms with Crippen LogP contribution in [0.25, 0.3) is 10.8 Å². The van der Waals surface area contributed by atoms with Crippen LogP contribution in [-0.2, 0) is 0 Å². The molecular formula is C21H18N2O5. The van der Waals surface area contributed by atoms with E-state index in [9.17, 15) is 4.79 Å². The Morgan fingerprint density at radius 2 is 1.68 bits per heavy atom. The zero-order chi connectivity index (χ0) is 19.5. The van der Waals surface area contributed by atoms with Gasteiger partial charge in [-0.25, -0.2) is 5.43 Å². The number of ether oxygens (including phenoxy) is 4. The molecule has 0 saturated heterocycles. The quantitative estimate of drug-likeness (QED) is 0.544. The summed E-state index contributed by atoms with van der Waals surface area (Å²) in [5.74, 6) is 1.87. The van der Waals surface area contributed by atoms with Crippen molar-refractivity contribution in [3.05, 3.63) is 59.7 Å². The zero-order valence-corrected chi connectivity index (χ0v) is 15.4.